The molecule has 9 heteroatoms. The molecule has 38 heavy (non-hydrogen) atoms. The molecule has 1 amide bonds. The van der Waals surface area contributed by atoms with Crippen molar-refractivity contribution in [1.29, 1.82) is 0 Å². The number of pyridine rings is 2. The van der Waals surface area contributed by atoms with Crippen molar-refractivity contribution in [2.45, 2.75) is 78.6 Å². The van der Waals surface area contributed by atoms with Crippen molar-refractivity contribution in [2.24, 2.45) is 11.7 Å². The summed E-state index contributed by atoms with van der Waals surface area (Å²) in [5.41, 5.74) is 10.8. The fourth-order valence-electron chi connectivity index (χ4n) is 5.76. The summed E-state index contributed by atoms with van der Waals surface area (Å²) in [6.07, 6.45) is 4.35. The fourth-order valence-corrected chi connectivity index (χ4v) is 5.76. The summed E-state index contributed by atoms with van der Waals surface area (Å²) in [4.78, 5) is 39.8. The Morgan fingerprint density at radius 2 is 1.82 bits per heavy atom. The Morgan fingerprint density at radius 3 is 2.45 bits per heavy atom. The summed E-state index contributed by atoms with van der Waals surface area (Å²) < 4.78 is 21.1. The van der Waals surface area contributed by atoms with E-state index in [1.54, 1.807) is 17.6 Å². The zero-order valence-electron chi connectivity index (χ0n) is 21.9. The number of hydrogen-bond donors (Lipinski definition) is 2. The number of aryl methyl sites for hydroxylation is 2. The topological polar surface area (TPSA) is 125 Å². The van der Waals surface area contributed by atoms with Crippen molar-refractivity contribution in [3.05, 3.63) is 61.7 Å². The summed E-state index contributed by atoms with van der Waals surface area (Å²) in [7, 11) is 0. The van der Waals surface area contributed by atoms with Gasteiger partial charge in [0.05, 0.1) is 29.0 Å². The molecule has 0 bridgehead atoms. The SMILES string of the molecule is CC.Cc1c(F)cc2nc3c(c4c2c1CCC4)Cn1c-3cc2c(c1=O)COC(=O)C2O.NC(=O)C1CCC1. The van der Waals surface area contributed by atoms with E-state index in [-0.39, 0.29) is 35.4 Å². The van der Waals surface area contributed by atoms with Crippen LogP contribution in [0, 0.1) is 18.7 Å². The van der Waals surface area contributed by atoms with Gasteiger partial charge in [-0.2, -0.15) is 0 Å². The lowest BCUT2D eigenvalue weighted by molar-refractivity contribution is -0.157. The van der Waals surface area contributed by atoms with E-state index in [0.717, 1.165) is 54.2 Å². The van der Waals surface area contributed by atoms with Crippen molar-refractivity contribution in [1.82, 2.24) is 9.55 Å². The van der Waals surface area contributed by atoms with Crippen LogP contribution in [0.25, 0.3) is 22.3 Å². The van der Waals surface area contributed by atoms with Crippen LogP contribution in [0.3, 0.4) is 0 Å². The summed E-state index contributed by atoms with van der Waals surface area (Å²) in [5.74, 6) is -0.929. The first kappa shape index (κ1) is 26.0. The quantitative estimate of drug-likeness (QED) is 0.368. The van der Waals surface area contributed by atoms with Gasteiger partial charge < -0.3 is 20.1 Å². The number of halogens is 1. The molecule has 2 aliphatic carbocycles. The molecule has 1 atom stereocenters. The van der Waals surface area contributed by atoms with Gasteiger partial charge in [-0.1, -0.05) is 20.3 Å². The number of esters is 1. The minimum Gasteiger partial charge on any atom is -0.458 e. The van der Waals surface area contributed by atoms with Gasteiger partial charge in [-0.15, -0.1) is 0 Å². The highest BCUT2D eigenvalue weighted by molar-refractivity contribution is 5.92. The number of nitrogens with two attached hydrogens (primary N) is 1. The number of benzene rings is 1. The van der Waals surface area contributed by atoms with Crippen LogP contribution in [-0.2, 0) is 40.3 Å². The maximum atomic E-state index is 14.5. The molecule has 2 aliphatic heterocycles. The molecular weight excluding hydrogens is 489 g/mol. The molecular formula is C29H32FN3O5. The molecule has 3 N–H and O–H groups in total. The highest BCUT2D eigenvalue weighted by Crippen LogP contribution is 2.42. The molecule has 1 unspecified atom stereocenters. The van der Waals surface area contributed by atoms with E-state index >= 15 is 0 Å². The van der Waals surface area contributed by atoms with E-state index in [1.807, 2.05) is 13.8 Å². The van der Waals surface area contributed by atoms with Gasteiger partial charge in [0.25, 0.3) is 5.56 Å². The minimum atomic E-state index is -1.48. The van der Waals surface area contributed by atoms with Gasteiger partial charge in [-0.3, -0.25) is 9.59 Å². The molecule has 1 aromatic carbocycles. The molecule has 4 heterocycles. The number of cyclic esters (lactones) is 1. The van der Waals surface area contributed by atoms with Gasteiger partial charge >= 0.3 is 5.97 Å². The second-order valence-electron chi connectivity index (χ2n) is 10.0. The van der Waals surface area contributed by atoms with Crippen molar-refractivity contribution in [3.8, 4) is 11.4 Å². The molecule has 0 spiro atoms. The van der Waals surface area contributed by atoms with E-state index in [1.165, 1.54) is 12.5 Å². The molecule has 3 aromatic rings. The number of ether oxygens (including phenoxy) is 1. The molecule has 4 aliphatic rings. The number of nitrogens with zero attached hydrogens (tertiary/aromatic N) is 2. The Morgan fingerprint density at radius 1 is 1.11 bits per heavy atom. The average molecular weight is 522 g/mol. The fraction of sp³-hybridized carbons (Fsp3) is 0.448. The van der Waals surface area contributed by atoms with E-state index < -0.39 is 12.1 Å². The summed E-state index contributed by atoms with van der Waals surface area (Å²) in [6, 6.07) is 3.13. The van der Waals surface area contributed by atoms with Gasteiger partial charge in [0.15, 0.2) is 6.10 Å². The smallest absolute Gasteiger partial charge is 0.340 e. The van der Waals surface area contributed by atoms with Gasteiger partial charge in [0.2, 0.25) is 5.91 Å². The summed E-state index contributed by atoms with van der Waals surface area (Å²) >= 11 is 0. The van der Waals surface area contributed by atoms with Gasteiger partial charge in [-0.05, 0) is 61.8 Å². The number of carbonyl (C=O) groups is 2. The van der Waals surface area contributed by atoms with Crippen LogP contribution in [0.15, 0.2) is 16.9 Å². The van der Waals surface area contributed by atoms with Crippen molar-refractivity contribution < 1.29 is 23.8 Å². The van der Waals surface area contributed by atoms with E-state index in [4.69, 9.17) is 15.5 Å². The first-order chi connectivity index (χ1) is 18.3. The number of rotatable bonds is 1. The molecule has 2 aromatic heterocycles. The van der Waals surface area contributed by atoms with E-state index in [9.17, 15) is 23.9 Å². The third-order valence-corrected chi connectivity index (χ3v) is 8.05. The van der Waals surface area contributed by atoms with E-state index in [0.29, 0.717) is 34.6 Å². The predicted molar refractivity (Wildman–Crippen MR) is 140 cm³/mol. The number of aliphatic hydroxyl groups is 1. The number of carbonyl (C=O) groups excluding carboxylic acids is 2. The Labute approximate surface area is 219 Å². The number of amides is 1. The molecule has 7 rings (SSSR count). The Kier molecular flexibility index (Phi) is 6.81. The minimum absolute atomic E-state index is 0.119. The van der Waals surface area contributed by atoms with Crippen LogP contribution in [0.1, 0.15) is 79.0 Å². The summed E-state index contributed by atoms with van der Waals surface area (Å²) in [6.45, 7) is 6.05. The predicted octanol–water partition coefficient (Wildman–Crippen LogP) is 3.75. The Balaban J connectivity index is 0.000000282. The van der Waals surface area contributed by atoms with Crippen molar-refractivity contribution in [2.75, 3.05) is 0 Å². The molecule has 1 fully saturated rings. The highest BCUT2D eigenvalue weighted by Gasteiger charge is 2.35. The average Bonchev–Trinajstić information content (AvgIpc) is 3.24. The van der Waals surface area contributed by atoms with Crippen molar-refractivity contribution in [3.63, 3.8) is 0 Å². The second-order valence-corrected chi connectivity index (χ2v) is 10.0. The van der Waals surface area contributed by atoms with Crippen LogP contribution < -0.4 is 11.3 Å². The standard InChI is InChI=1S/C22H17FN2O4.C5H9NO.C2H6/c1-9-10-3-2-4-11-13-7-25-17(19(13)24-16(18(10)11)6-15(9)23)5-12-14(21(25)27)8-29-22(28)20(12)26;6-5(7)4-2-1-3-4;1-2/h5-6,20,26H,2-4,7-8H2,1H3;4H,1-3H2,(H2,6,7);1-2H3. The monoisotopic (exact) mass is 521 g/mol. The number of primary amides is 1. The number of fused-ring (bicyclic) bond motifs is 5. The molecule has 0 saturated heterocycles. The summed E-state index contributed by atoms with van der Waals surface area (Å²) in [5, 5.41) is 11.2. The lowest BCUT2D eigenvalue weighted by atomic mass is 9.85. The van der Waals surface area contributed by atoms with Gasteiger partial charge in [0.1, 0.15) is 12.4 Å². The Bertz CT molecular complexity index is 1540. The highest BCUT2D eigenvalue weighted by atomic mass is 19.1. The van der Waals surface area contributed by atoms with Gasteiger partial charge in [-0.25, -0.2) is 14.2 Å². The third kappa shape index (κ3) is 4.00. The lowest BCUT2D eigenvalue weighted by Gasteiger charge is -2.22. The third-order valence-electron chi connectivity index (χ3n) is 8.05. The first-order valence-corrected chi connectivity index (χ1v) is 13.3. The molecule has 0 radical (unpaired) electrons. The first-order valence-electron chi connectivity index (χ1n) is 13.3. The molecule has 8 nitrogen and oxygen atoms in total. The lowest BCUT2D eigenvalue weighted by Crippen LogP contribution is -2.32. The zero-order chi connectivity index (χ0) is 27.3. The van der Waals surface area contributed by atoms with Crippen LogP contribution in [-0.4, -0.2) is 26.5 Å². The van der Waals surface area contributed by atoms with Crippen molar-refractivity contribution >= 4 is 22.8 Å². The van der Waals surface area contributed by atoms with Gasteiger partial charge in [0, 0.05) is 28.5 Å². The largest absolute Gasteiger partial charge is 0.458 e. The Hall–Kier alpha value is -3.59. The molecule has 200 valence electrons. The number of hydrogen-bond acceptors (Lipinski definition) is 6. The van der Waals surface area contributed by atoms with Crippen LogP contribution >= 0.6 is 0 Å². The number of aliphatic hydroxyl groups excluding tert-OH is 1. The second kappa shape index (κ2) is 9.94. The van der Waals surface area contributed by atoms with Crippen LogP contribution in [0.5, 0.6) is 0 Å². The van der Waals surface area contributed by atoms with E-state index in [2.05, 4.69) is 0 Å². The normalized spacial score (nSPS) is 18.6. The maximum absolute atomic E-state index is 14.5. The zero-order valence-corrected chi connectivity index (χ0v) is 21.9. The maximum Gasteiger partial charge on any atom is 0.340 e. The molecule has 1 saturated carbocycles. The number of aromatic nitrogens is 2. The van der Waals surface area contributed by atoms with Crippen LogP contribution in [0.2, 0.25) is 0 Å². The van der Waals surface area contributed by atoms with Crippen LogP contribution in [0.4, 0.5) is 4.39 Å².